The number of carboxylic acids is 1. The fourth-order valence-electron chi connectivity index (χ4n) is 2.80. The SMILES string of the molecule is O=C(O)CC1CN(C(=O)C2Cc3cc(Cl)ccc3O2)CCO1. The van der Waals surface area contributed by atoms with Gasteiger partial charge in [0.2, 0.25) is 0 Å². The van der Waals surface area contributed by atoms with Crippen LogP contribution in [0.3, 0.4) is 0 Å². The van der Waals surface area contributed by atoms with Crippen LogP contribution in [0.25, 0.3) is 0 Å². The van der Waals surface area contributed by atoms with E-state index in [0.29, 0.717) is 30.3 Å². The summed E-state index contributed by atoms with van der Waals surface area (Å²) in [5.41, 5.74) is 0.918. The van der Waals surface area contributed by atoms with Gasteiger partial charge < -0.3 is 19.5 Å². The number of carboxylic acid groups (broad SMARTS) is 1. The second-order valence-corrected chi connectivity index (χ2v) is 5.87. The van der Waals surface area contributed by atoms with Gasteiger partial charge in [0.1, 0.15) is 5.75 Å². The molecule has 1 fully saturated rings. The highest BCUT2D eigenvalue weighted by atomic mass is 35.5. The lowest BCUT2D eigenvalue weighted by atomic mass is 10.1. The van der Waals surface area contributed by atoms with Crippen molar-refractivity contribution in [3.05, 3.63) is 28.8 Å². The molecule has 1 aromatic carbocycles. The molecule has 0 aliphatic carbocycles. The van der Waals surface area contributed by atoms with Crippen LogP contribution in [-0.4, -0.2) is 53.8 Å². The van der Waals surface area contributed by atoms with E-state index in [1.165, 1.54) is 0 Å². The van der Waals surface area contributed by atoms with Crippen LogP contribution in [0.4, 0.5) is 0 Å². The molecule has 1 aromatic rings. The lowest BCUT2D eigenvalue weighted by Gasteiger charge is -2.33. The van der Waals surface area contributed by atoms with Crippen molar-refractivity contribution in [3.8, 4) is 5.75 Å². The Labute approximate surface area is 132 Å². The molecule has 0 aromatic heterocycles. The van der Waals surface area contributed by atoms with E-state index >= 15 is 0 Å². The van der Waals surface area contributed by atoms with E-state index in [4.69, 9.17) is 26.2 Å². The molecular formula is C15H16ClNO5. The summed E-state index contributed by atoms with van der Waals surface area (Å²) in [6, 6.07) is 5.29. The van der Waals surface area contributed by atoms with E-state index in [1.807, 2.05) is 0 Å². The fraction of sp³-hybridized carbons (Fsp3) is 0.467. The summed E-state index contributed by atoms with van der Waals surface area (Å²) in [4.78, 5) is 24.9. The molecule has 0 bridgehead atoms. The van der Waals surface area contributed by atoms with Gasteiger partial charge in [-0.1, -0.05) is 11.6 Å². The third kappa shape index (κ3) is 3.18. The van der Waals surface area contributed by atoms with Gasteiger partial charge in [-0.3, -0.25) is 9.59 Å². The van der Waals surface area contributed by atoms with Gasteiger partial charge >= 0.3 is 5.97 Å². The van der Waals surface area contributed by atoms with Gasteiger partial charge in [0.15, 0.2) is 6.10 Å². The van der Waals surface area contributed by atoms with Crippen LogP contribution in [0, 0.1) is 0 Å². The molecule has 0 radical (unpaired) electrons. The highest BCUT2D eigenvalue weighted by Crippen LogP contribution is 2.32. The van der Waals surface area contributed by atoms with E-state index in [1.54, 1.807) is 23.1 Å². The summed E-state index contributed by atoms with van der Waals surface area (Å²) in [6.45, 7) is 1.07. The molecule has 1 saturated heterocycles. The minimum atomic E-state index is -0.932. The molecule has 2 aliphatic rings. The molecular weight excluding hydrogens is 310 g/mol. The fourth-order valence-corrected chi connectivity index (χ4v) is 2.99. The van der Waals surface area contributed by atoms with Crippen LogP contribution in [0.2, 0.25) is 5.02 Å². The molecule has 22 heavy (non-hydrogen) atoms. The highest BCUT2D eigenvalue weighted by molar-refractivity contribution is 6.30. The number of amides is 1. The summed E-state index contributed by atoms with van der Waals surface area (Å²) < 4.78 is 11.1. The van der Waals surface area contributed by atoms with Crippen molar-refractivity contribution in [3.63, 3.8) is 0 Å². The first-order valence-corrected chi connectivity index (χ1v) is 7.48. The van der Waals surface area contributed by atoms with E-state index in [2.05, 4.69) is 0 Å². The average molecular weight is 326 g/mol. The number of ether oxygens (including phenoxy) is 2. The molecule has 3 rings (SSSR count). The number of hydrogen-bond donors (Lipinski definition) is 1. The summed E-state index contributed by atoms with van der Waals surface area (Å²) in [5.74, 6) is -0.387. The summed E-state index contributed by atoms with van der Waals surface area (Å²) >= 11 is 5.94. The zero-order valence-electron chi connectivity index (χ0n) is 11.8. The quantitative estimate of drug-likeness (QED) is 0.907. The lowest BCUT2D eigenvalue weighted by Crippen LogP contribution is -2.50. The highest BCUT2D eigenvalue weighted by Gasteiger charge is 2.35. The number of fused-ring (bicyclic) bond motifs is 1. The number of rotatable bonds is 3. The Bertz CT molecular complexity index is 606. The molecule has 118 valence electrons. The predicted octanol–water partition coefficient (Wildman–Crippen LogP) is 1.35. The first-order valence-electron chi connectivity index (χ1n) is 7.10. The van der Waals surface area contributed by atoms with Crippen LogP contribution in [-0.2, 0) is 20.7 Å². The zero-order chi connectivity index (χ0) is 15.7. The van der Waals surface area contributed by atoms with Crippen molar-refractivity contribution < 1.29 is 24.2 Å². The summed E-state index contributed by atoms with van der Waals surface area (Å²) in [7, 11) is 0. The number of carbonyl (C=O) groups excluding carboxylic acids is 1. The number of morpholine rings is 1. The minimum Gasteiger partial charge on any atom is -0.481 e. The van der Waals surface area contributed by atoms with Gasteiger partial charge in [0.05, 0.1) is 19.1 Å². The molecule has 0 spiro atoms. The van der Waals surface area contributed by atoms with Crippen molar-refractivity contribution in [1.82, 2.24) is 4.90 Å². The van der Waals surface area contributed by atoms with Crippen LogP contribution in [0.15, 0.2) is 18.2 Å². The second-order valence-electron chi connectivity index (χ2n) is 5.44. The topological polar surface area (TPSA) is 76.1 Å². The largest absolute Gasteiger partial charge is 0.481 e. The van der Waals surface area contributed by atoms with Crippen LogP contribution < -0.4 is 4.74 Å². The van der Waals surface area contributed by atoms with Crippen molar-refractivity contribution >= 4 is 23.5 Å². The Morgan fingerprint density at radius 2 is 2.23 bits per heavy atom. The maximum atomic E-state index is 12.6. The standard InChI is InChI=1S/C15H16ClNO5/c16-10-1-2-12-9(5-10)6-13(22-12)15(20)17-3-4-21-11(8-17)7-14(18)19/h1-2,5,11,13H,3-4,6-8H2,(H,18,19). The van der Waals surface area contributed by atoms with Gasteiger partial charge in [-0.2, -0.15) is 0 Å². The Morgan fingerprint density at radius 1 is 1.41 bits per heavy atom. The van der Waals surface area contributed by atoms with Crippen LogP contribution in [0.5, 0.6) is 5.75 Å². The van der Waals surface area contributed by atoms with Crippen LogP contribution >= 0.6 is 11.6 Å². The number of nitrogens with zero attached hydrogens (tertiary/aromatic N) is 1. The first-order chi connectivity index (χ1) is 10.5. The third-order valence-electron chi connectivity index (χ3n) is 3.83. The van der Waals surface area contributed by atoms with Gasteiger partial charge in [-0.25, -0.2) is 0 Å². The molecule has 2 atom stereocenters. The van der Waals surface area contributed by atoms with Crippen LogP contribution in [0.1, 0.15) is 12.0 Å². The van der Waals surface area contributed by atoms with Gasteiger partial charge in [0, 0.05) is 24.5 Å². The van der Waals surface area contributed by atoms with Gasteiger partial charge in [-0.05, 0) is 23.8 Å². The van der Waals surface area contributed by atoms with Crippen molar-refractivity contribution in [1.29, 1.82) is 0 Å². The number of carbonyl (C=O) groups is 2. The number of hydrogen-bond acceptors (Lipinski definition) is 4. The lowest BCUT2D eigenvalue weighted by molar-refractivity contribution is -0.151. The van der Waals surface area contributed by atoms with Gasteiger partial charge in [0.25, 0.3) is 5.91 Å². The monoisotopic (exact) mass is 325 g/mol. The zero-order valence-corrected chi connectivity index (χ0v) is 12.6. The number of aliphatic carboxylic acids is 1. The van der Waals surface area contributed by atoms with E-state index in [-0.39, 0.29) is 18.9 Å². The van der Waals surface area contributed by atoms with Crippen molar-refractivity contribution in [2.45, 2.75) is 25.0 Å². The summed E-state index contributed by atoms with van der Waals surface area (Å²) in [6.07, 6.45) is -0.661. The molecule has 0 saturated carbocycles. The first kappa shape index (κ1) is 15.1. The molecule has 7 heteroatoms. The Morgan fingerprint density at radius 3 is 3.00 bits per heavy atom. The molecule has 1 amide bonds. The Balaban J connectivity index is 1.64. The van der Waals surface area contributed by atoms with Crippen molar-refractivity contribution in [2.75, 3.05) is 19.7 Å². The Kier molecular flexibility index (Phi) is 4.22. The predicted molar refractivity (Wildman–Crippen MR) is 78.1 cm³/mol. The molecule has 2 unspecified atom stereocenters. The third-order valence-corrected chi connectivity index (χ3v) is 4.06. The maximum Gasteiger partial charge on any atom is 0.306 e. The number of halogens is 1. The molecule has 2 heterocycles. The van der Waals surface area contributed by atoms with E-state index < -0.39 is 18.2 Å². The molecule has 1 N–H and O–H groups in total. The maximum absolute atomic E-state index is 12.6. The Hall–Kier alpha value is -1.79. The van der Waals surface area contributed by atoms with E-state index in [0.717, 1.165) is 5.56 Å². The molecule has 2 aliphatic heterocycles. The normalized spacial score (nSPS) is 23.8. The minimum absolute atomic E-state index is 0.106. The average Bonchev–Trinajstić information content (AvgIpc) is 2.89. The van der Waals surface area contributed by atoms with Gasteiger partial charge in [-0.15, -0.1) is 0 Å². The smallest absolute Gasteiger partial charge is 0.306 e. The number of benzene rings is 1. The van der Waals surface area contributed by atoms with Crippen molar-refractivity contribution in [2.24, 2.45) is 0 Å². The van der Waals surface area contributed by atoms with E-state index in [9.17, 15) is 9.59 Å². The second kappa shape index (κ2) is 6.14. The summed E-state index contributed by atoms with van der Waals surface area (Å²) in [5, 5.41) is 9.44. The molecule has 6 nitrogen and oxygen atoms in total.